The number of carbonyl (C=O) groups is 2. The molecule has 0 aliphatic carbocycles. The third kappa shape index (κ3) is 3.53. The molecule has 0 atom stereocenters. The third-order valence-corrected chi connectivity index (χ3v) is 2.58. The number of esters is 1. The highest BCUT2D eigenvalue weighted by Gasteiger charge is 2.24. The maximum atomic E-state index is 13.8. The lowest BCUT2D eigenvalue weighted by Gasteiger charge is -2.13. The van der Waals surface area contributed by atoms with Gasteiger partial charge in [0.15, 0.2) is 0 Å². The smallest absolute Gasteiger partial charge is 0.339 e. The first-order valence-electron chi connectivity index (χ1n) is 6.10. The minimum atomic E-state index is -1.32. The van der Waals surface area contributed by atoms with Gasteiger partial charge in [-0.1, -0.05) is 13.8 Å². The summed E-state index contributed by atoms with van der Waals surface area (Å²) in [4.78, 5) is 23.0. The summed E-state index contributed by atoms with van der Waals surface area (Å²) in [6.07, 6.45) is 0.251. The van der Waals surface area contributed by atoms with Crippen molar-refractivity contribution in [1.82, 2.24) is 0 Å². The van der Waals surface area contributed by atoms with Gasteiger partial charge in [0.25, 0.3) is 0 Å². The van der Waals surface area contributed by atoms with E-state index in [1.165, 1.54) is 0 Å². The minimum absolute atomic E-state index is 0.0491. The fourth-order valence-corrected chi connectivity index (χ4v) is 1.85. The monoisotopic (exact) mass is 268 g/mol. The molecule has 4 nitrogen and oxygen atoms in total. The minimum Gasteiger partial charge on any atom is -0.478 e. The number of carbonyl (C=O) groups excluding carboxylic acids is 1. The summed E-state index contributed by atoms with van der Waals surface area (Å²) in [5.41, 5.74) is -0.355. The van der Waals surface area contributed by atoms with Crippen molar-refractivity contribution in [3.05, 3.63) is 34.6 Å². The van der Waals surface area contributed by atoms with E-state index in [-0.39, 0.29) is 35.6 Å². The Kier molecular flexibility index (Phi) is 5.03. The molecule has 1 rings (SSSR count). The van der Waals surface area contributed by atoms with Crippen LogP contribution in [0.1, 0.15) is 47.1 Å². The second-order valence-corrected chi connectivity index (χ2v) is 4.57. The zero-order valence-electron chi connectivity index (χ0n) is 11.2. The number of ether oxygens (including phenoxy) is 1. The molecule has 1 N–H and O–H groups in total. The molecule has 0 bridgehead atoms. The van der Waals surface area contributed by atoms with Crippen molar-refractivity contribution >= 4 is 11.9 Å². The van der Waals surface area contributed by atoms with Crippen molar-refractivity contribution in [3.63, 3.8) is 0 Å². The van der Waals surface area contributed by atoms with E-state index in [4.69, 9.17) is 4.74 Å². The second-order valence-electron chi connectivity index (χ2n) is 4.57. The number of carboxylic acid groups (broad SMARTS) is 1. The van der Waals surface area contributed by atoms with Crippen LogP contribution in [0.3, 0.4) is 0 Å². The van der Waals surface area contributed by atoms with Gasteiger partial charge in [-0.2, -0.15) is 0 Å². The number of hydrogen-bond donors (Lipinski definition) is 1. The first-order valence-corrected chi connectivity index (χ1v) is 6.10. The van der Waals surface area contributed by atoms with Crippen LogP contribution in [0.5, 0.6) is 0 Å². The van der Waals surface area contributed by atoms with Crippen molar-refractivity contribution in [2.45, 2.75) is 27.2 Å². The third-order valence-electron chi connectivity index (χ3n) is 2.58. The van der Waals surface area contributed by atoms with Crippen LogP contribution < -0.4 is 0 Å². The SMILES string of the molecule is CCOC(=O)c1ccc(F)c(CC(C)C)c1C(=O)O. The molecule has 0 spiro atoms. The Morgan fingerprint density at radius 2 is 2.00 bits per heavy atom. The van der Waals surface area contributed by atoms with Gasteiger partial charge in [-0.3, -0.25) is 0 Å². The zero-order valence-corrected chi connectivity index (χ0v) is 11.2. The number of aromatic carboxylic acids is 1. The Labute approximate surface area is 111 Å². The highest BCUT2D eigenvalue weighted by Crippen LogP contribution is 2.22. The summed E-state index contributed by atoms with van der Waals surface area (Å²) in [7, 11) is 0. The second kappa shape index (κ2) is 6.31. The Balaban J connectivity index is 3.40. The Bertz CT molecular complexity index is 494. The molecule has 1 aromatic rings. The van der Waals surface area contributed by atoms with Gasteiger partial charge in [0.2, 0.25) is 0 Å². The average molecular weight is 268 g/mol. The average Bonchev–Trinajstić information content (AvgIpc) is 2.30. The summed E-state index contributed by atoms with van der Waals surface area (Å²) in [6, 6.07) is 2.26. The summed E-state index contributed by atoms with van der Waals surface area (Å²) in [5.74, 6) is -2.60. The predicted octanol–water partition coefficient (Wildman–Crippen LogP) is 2.90. The lowest BCUT2D eigenvalue weighted by molar-refractivity contribution is 0.0514. The lowest BCUT2D eigenvalue weighted by atomic mass is 9.93. The van der Waals surface area contributed by atoms with E-state index in [0.29, 0.717) is 0 Å². The molecule has 0 saturated heterocycles. The van der Waals surface area contributed by atoms with Gasteiger partial charge in [-0.05, 0) is 31.4 Å². The van der Waals surface area contributed by atoms with Gasteiger partial charge < -0.3 is 9.84 Å². The van der Waals surface area contributed by atoms with Crippen LogP contribution in [-0.4, -0.2) is 23.7 Å². The fraction of sp³-hybridized carbons (Fsp3) is 0.429. The van der Waals surface area contributed by atoms with Gasteiger partial charge in [-0.15, -0.1) is 0 Å². The van der Waals surface area contributed by atoms with Crippen LogP contribution in [0.2, 0.25) is 0 Å². The molecule has 0 heterocycles. The van der Waals surface area contributed by atoms with Crippen molar-refractivity contribution in [1.29, 1.82) is 0 Å². The Morgan fingerprint density at radius 3 is 2.47 bits per heavy atom. The standard InChI is InChI=1S/C14H17FO4/c1-4-19-14(18)9-5-6-11(15)10(7-8(2)3)12(9)13(16)17/h5-6,8H,4,7H2,1-3H3,(H,16,17). The van der Waals surface area contributed by atoms with Crippen LogP contribution in [0, 0.1) is 11.7 Å². The van der Waals surface area contributed by atoms with Gasteiger partial charge in [0.05, 0.1) is 17.7 Å². The normalized spacial score (nSPS) is 10.6. The largest absolute Gasteiger partial charge is 0.478 e. The van der Waals surface area contributed by atoms with Crippen LogP contribution in [-0.2, 0) is 11.2 Å². The molecular weight excluding hydrogens is 251 g/mol. The summed E-state index contributed by atoms with van der Waals surface area (Å²) in [5, 5.41) is 9.23. The van der Waals surface area contributed by atoms with Crippen LogP contribution >= 0.6 is 0 Å². The van der Waals surface area contributed by atoms with Gasteiger partial charge >= 0.3 is 11.9 Å². The molecule has 104 valence electrons. The van der Waals surface area contributed by atoms with Crippen LogP contribution in [0.15, 0.2) is 12.1 Å². The molecule has 0 aliphatic heterocycles. The number of halogens is 1. The summed E-state index contributed by atoms with van der Waals surface area (Å²) in [6.45, 7) is 5.45. The molecule has 0 unspecified atom stereocenters. The highest BCUT2D eigenvalue weighted by molar-refractivity contribution is 6.03. The van der Waals surface area contributed by atoms with Gasteiger partial charge in [0, 0.05) is 5.56 Å². The van der Waals surface area contributed by atoms with E-state index >= 15 is 0 Å². The maximum Gasteiger partial charge on any atom is 0.339 e. The number of benzene rings is 1. The molecule has 1 aromatic carbocycles. The van der Waals surface area contributed by atoms with E-state index in [9.17, 15) is 19.1 Å². The number of hydrogen-bond acceptors (Lipinski definition) is 3. The topological polar surface area (TPSA) is 63.6 Å². The first-order chi connectivity index (χ1) is 8.88. The van der Waals surface area contributed by atoms with Crippen molar-refractivity contribution in [3.8, 4) is 0 Å². The van der Waals surface area contributed by atoms with Crippen molar-refractivity contribution in [2.75, 3.05) is 6.61 Å². The highest BCUT2D eigenvalue weighted by atomic mass is 19.1. The molecule has 0 amide bonds. The van der Waals surface area contributed by atoms with Crippen LogP contribution in [0.4, 0.5) is 4.39 Å². The van der Waals surface area contributed by atoms with Crippen molar-refractivity contribution in [2.24, 2.45) is 5.92 Å². The fourth-order valence-electron chi connectivity index (χ4n) is 1.85. The van der Waals surface area contributed by atoms with E-state index in [2.05, 4.69) is 0 Å². The Morgan fingerprint density at radius 1 is 1.37 bits per heavy atom. The number of carboxylic acids is 1. The van der Waals surface area contributed by atoms with Gasteiger partial charge in [0.1, 0.15) is 5.82 Å². The quantitative estimate of drug-likeness (QED) is 0.834. The molecule has 0 aliphatic rings. The van der Waals surface area contributed by atoms with E-state index in [1.54, 1.807) is 6.92 Å². The molecule has 0 aromatic heterocycles. The number of rotatable bonds is 5. The Hall–Kier alpha value is -1.91. The van der Waals surface area contributed by atoms with E-state index < -0.39 is 17.8 Å². The molecule has 0 saturated carbocycles. The molecule has 0 fully saturated rings. The maximum absolute atomic E-state index is 13.8. The first kappa shape index (κ1) is 15.1. The lowest BCUT2D eigenvalue weighted by Crippen LogP contribution is -2.16. The summed E-state index contributed by atoms with van der Waals surface area (Å²) >= 11 is 0. The molecule has 19 heavy (non-hydrogen) atoms. The molecular formula is C14H17FO4. The van der Waals surface area contributed by atoms with Crippen molar-refractivity contribution < 1.29 is 23.8 Å². The molecule has 0 radical (unpaired) electrons. The van der Waals surface area contributed by atoms with Gasteiger partial charge in [-0.25, -0.2) is 14.0 Å². The predicted molar refractivity (Wildman–Crippen MR) is 67.9 cm³/mol. The van der Waals surface area contributed by atoms with Crippen LogP contribution in [0.25, 0.3) is 0 Å². The molecule has 5 heteroatoms. The van der Waals surface area contributed by atoms with E-state index in [0.717, 1.165) is 12.1 Å². The van der Waals surface area contributed by atoms with E-state index in [1.807, 2.05) is 13.8 Å². The zero-order chi connectivity index (χ0) is 14.6. The summed E-state index contributed by atoms with van der Waals surface area (Å²) < 4.78 is 18.6.